The van der Waals surface area contributed by atoms with Gasteiger partial charge in [-0.3, -0.25) is 0 Å². The first kappa shape index (κ1) is 15.9. The Kier molecular flexibility index (Phi) is 6.08. The minimum atomic E-state index is -3.08. The Labute approximate surface area is 112 Å². The van der Waals surface area contributed by atoms with Gasteiger partial charge in [0.15, 0.2) is 0 Å². The quantitative estimate of drug-likeness (QED) is 0.777. The van der Waals surface area contributed by atoms with Crippen molar-refractivity contribution in [2.24, 2.45) is 11.3 Å². The van der Waals surface area contributed by atoms with E-state index in [9.17, 15) is 8.42 Å². The van der Waals surface area contributed by atoms with Gasteiger partial charge >= 0.3 is 0 Å². The Morgan fingerprint density at radius 2 is 1.83 bits per heavy atom. The third-order valence-corrected chi connectivity index (χ3v) is 4.84. The fourth-order valence-corrected chi connectivity index (χ4v) is 3.56. The number of nitrogens with one attached hydrogen (secondary N) is 2. The van der Waals surface area contributed by atoms with E-state index in [0.717, 1.165) is 19.5 Å². The molecule has 1 heterocycles. The molecule has 5 heteroatoms. The fourth-order valence-electron chi connectivity index (χ4n) is 2.10. The van der Waals surface area contributed by atoms with Crippen LogP contribution in [0.5, 0.6) is 0 Å². The highest BCUT2D eigenvalue weighted by molar-refractivity contribution is 7.89. The molecule has 108 valence electrons. The zero-order valence-corrected chi connectivity index (χ0v) is 12.8. The van der Waals surface area contributed by atoms with E-state index >= 15 is 0 Å². The number of rotatable bonds is 6. The Balaban J connectivity index is 2.20. The van der Waals surface area contributed by atoms with Crippen LogP contribution in [0, 0.1) is 11.3 Å². The average Bonchev–Trinajstić information content (AvgIpc) is 2.27. The van der Waals surface area contributed by atoms with Gasteiger partial charge in [0.25, 0.3) is 0 Å². The van der Waals surface area contributed by atoms with Gasteiger partial charge in [0, 0.05) is 6.54 Å². The summed E-state index contributed by atoms with van der Waals surface area (Å²) in [5.41, 5.74) is 0.0732. The van der Waals surface area contributed by atoms with E-state index in [0.29, 0.717) is 18.9 Å². The summed E-state index contributed by atoms with van der Waals surface area (Å²) in [7, 11) is -3.08. The van der Waals surface area contributed by atoms with E-state index in [1.54, 1.807) is 0 Å². The minimum Gasteiger partial charge on any atom is -0.317 e. The molecule has 0 saturated carbocycles. The van der Waals surface area contributed by atoms with Crippen LogP contribution in [0.15, 0.2) is 0 Å². The second-order valence-electron chi connectivity index (χ2n) is 6.51. The van der Waals surface area contributed by atoms with Crippen LogP contribution in [-0.2, 0) is 10.0 Å². The molecule has 0 aromatic heterocycles. The van der Waals surface area contributed by atoms with Gasteiger partial charge in [-0.05, 0) is 50.1 Å². The standard InChI is InChI=1S/C13H28N2O2S/c1-13(2,3)7-11-18(16,17)15-10-6-12-4-8-14-9-5-12/h12,14-15H,4-11H2,1-3H3. The lowest BCUT2D eigenvalue weighted by Crippen LogP contribution is -2.33. The van der Waals surface area contributed by atoms with Crippen molar-refractivity contribution in [3.05, 3.63) is 0 Å². The number of hydrogen-bond donors (Lipinski definition) is 2. The van der Waals surface area contributed by atoms with Gasteiger partial charge in [-0.2, -0.15) is 0 Å². The molecule has 2 N–H and O–H groups in total. The molecule has 4 nitrogen and oxygen atoms in total. The van der Waals surface area contributed by atoms with E-state index < -0.39 is 10.0 Å². The normalized spacial score (nSPS) is 19.1. The highest BCUT2D eigenvalue weighted by Crippen LogP contribution is 2.19. The Bertz CT molecular complexity index is 327. The van der Waals surface area contributed by atoms with Gasteiger partial charge < -0.3 is 5.32 Å². The third kappa shape index (κ3) is 7.34. The highest BCUT2D eigenvalue weighted by Gasteiger charge is 2.18. The van der Waals surface area contributed by atoms with E-state index in [4.69, 9.17) is 0 Å². The molecule has 0 spiro atoms. The molecule has 0 bridgehead atoms. The summed E-state index contributed by atoms with van der Waals surface area (Å²) in [6, 6.07) is 0. The van der Waals surface area contributed by atoms with Crippen molar-refractivity contribution in [1.82, 2.24) is 10.0 Å². The highest BCUT2D eigenvalue weighted by atomic mass is 32.2. The number of sulfonamides is 1. The largest absolute Gasteiger partial charge is 0.317 e. The first-order valence-corrected chi connectivity index (χ1v) is 8.62. The Hall–Kier alpha value is -0.130. The van der Waals surface area contributed by atoms with Crippen molar-refractivity contribution in [1.29, 1.82) is 0 Å². The van der Waals surface area contributed by atoms with Crippen LogP contribution in [0.1, 0.15) is 46.5 Å². The van der Waals surface area contributed by atoms with Crippen molar-refractivity contribution < 1.29 is 8.42 Å². The van der Waals surface area contributed by atoms with Gasteiger partial charge in [0.2, 0.25) is 10.0 Å². The molecule has 0 radical (unpaired) electrons. The van der Waals surface area contributed by atoms with Crippen LogP contribution < -0.4 is 10.0 Å². The molecular weight excluding hydrogens is 248 g/mol. The summed E-state index contributed by atoms with van der Waals surface area (Å²) in [6.07, 6.45) is 4.01. The van der Waals surface area contributed by atoms with Crippen LogP contribution in [0.25, 0.3) is 0 Å². The van der Waals surface area contributed by atoms with Gasteiger partial charge in [-0.1, -0.05) is 20.8 Å². The van der Waals surface area contributed by atoms with Crippen molar-refractivity contribution >= 4 is 10.0 Å². The van der Waals surface area contributed by atoms with Crippen LogP contribution in [0.4, 0.5) is 0 Å². The van der Waals surface area contributed by atoms with Crippen LogP contribution in [0.3, 0.4) is 0 Å². The first-order valence-electron chi connectivity index (χ1n) is 6.97. The van der Waals surface area contributed by atoms with E-state index in [1.807, 2.05) is 0 Å². The molecule has 0 aromatic carbocycles. The molecule has 1 saturated heterocycles. The minimum absolute atomic E-state index is 0.0732. The summed E-state index contributed by atoms with van der Waals surface area (Å²) >= 11 is 0. The summed E-state index contributed by atoms with van der Waals surface area (Å²) in [5.74, 6) is 0.916. The second kappa shape index (κ2) is 6.87. The maximum Gasteiger partial charge on any atom is 0.211 e. The maximum absolute atomic E-state index is 11.8. The molecule has 0 unspecified atom stereocenters. The molecule has 0 atom stereocenters. The molecule has 0 aromatic rings. The van der Waals surface area contributed by atoms with Crippen LogP contribution in [-0.4, -0.2) is 33.8 Å². The summed E-state index contributed by atoms with van der Waals surface area (Å²) in [6.45, 7) is 8.94. The first-order chi connectivity index (χ1) is 8.29. The van der Waals surface area contributed by atoms with E-state index in [2.05, 4.69) is 30.8 Å². The lowest BCUT2D eigenvalue weighted by Gasteiger charge is -2.22. The SMILES string of the molecule is CC(C)(C)CCS(=O)(=O)NCCC1CCNCC1. The summed E-state index contributed by atoms with van der Waals surface area (Å²) in [4.78, 5) is 0. The molecular formula is C13H28N2O2S. The molecule has 0 amide bonds. The molecule has 1 aliphatic rings. The maximum atomic E-state index is 11.8. The Morgan fingerprint density at radius 3 is 2.39 bits per heavy atom. The number of piperidine rings is 1. The van der Waals surface area contributed by atoms with E-state index in [-0.39, 0.29) is 11.2 Å². The third-order valence-electron chi connectivity index (χ3n) is 3.45. The van der Waals surface area contributed by atoms with Gasteiger partial charge in [0.1, 0.15) is 0 Å². The zero-order chi connectivity index (χ0) is 13.6. The molecule has 1 fully saturated rings. The van der Waals surface area contributed by atoms with Crippen molar-refractivity contribution in [3.8, 4) is 0 Å². The lowest BCUT2D eigenvalue weighted by molar-refractivity contribution is 0.354. The predicted octanol–water partition coefficient (Wildman–Crippen LogP) is 1.73. The molecule has 1 rings (SSSR count). The molecule has 0 aliphatic carbocycles. The van der Waals surface area contributed by atoms with E-state index in [1.165, 1.54) is 12.8 Å². The smallest absolute Gasteiger partial charge is 0.211 e. The van der Waals surface area contributed by atoms with Crippen LogP contribution >= 0.6 is 0 Å². The Morgan fingerprint density at radius 1 is 1.22 bits per heavy atom. The second-order valence-corrected chi connectivity index (χ2v) is 8.43. The zero-order valence-electron chi connectivity index (χ0n) is 12.0. The summed E-state index contributed by atoms with van der Waals surface area (Å²) < 4.78 is 26.3. The van der Waals surface area contributed by atoms with Crippen molar-refractivity contribution in [2.45, 2.75) is 46.5 Å². The van der Waals surface area contributed by atoms with Crippen LogP contribution in [0.2, 0.25) is 0 Å². The van der Waals surface area contributed by atoms with Gasteiger partial charge in [0.05, 0.1) is 5.75 Å². The van der Waals surface area contributed by atoms with Crippen molar-refractivity contribution in [2.75, 3.05) is 25.4 Å². The number of hydrogen-bond acceptors (Lipinski definition) is 3. The molecule has 18 heavy (non-hydrogen) atoms. The lowest BCUT2D eigenvalue weighted by atomic mass is 9.94. The summed E-state index contributed by atoms with van der Waals surface area (Å²) in [5, 5.41) is 3.32. The predicted molar refractivity (Wildman–Crippen MR) is 76.1 cm³/mol. The van der Waals surface area contributed by atoms with Gasteiger partial charge in [-0.15, -0.1) is 0 Å². The molecule has 1 aliphatic heterocycles. The average molecular weight is 276 g/mol. The fraction of sp³-hybridized carbons (Fsp3) is 1.00. The topological polar surface area (TPSA) is 58.2 Å². The monoisotopic (exact) mass is 276 g/mol. The van der Waals surface area contributed by atoms with Crippen molar-refractivity contribution in [3.63, 3.8) is 0 Å². The van der Waals surface area contributed by atoms with Gasteiger partial charge in [-0.25, -0.2) is 13.1 Å².